The second-order valence-corrected chi connectivity index (χ2v) is 6.95. The first-order chi connectivity index (χ1) is 11.1. The highest BCUT2D eigenvalue weighted by atomic mass is 35.5. The normalized spacial score (nSPS) is 21.8. The molecule has 7 heteroatoms. The van der Waals surface area contributed by atoms with Crippen molar-refractivity contribution in [3.8, 4) is 0 Å². The molecule has 4 rings (SSSR count). The van der Waals surface area contributed by atoms with Gasteiger partial charge in [0.05, 0.1) is 6.61 Å². The molecular weight excluding hydrogens is 334 g/mol. The van der Waals surface area contributed by atoms with Crippen LogP contribution >= 0.6 is 23.4 Å². The van der Waals surface area contributed by atoms with E-state index < -0.39 is 4.87 Å². The van der Waals surface area contributed by atoms with E-state index in [0.717, 1.165) is 27.4 Å². The number of fused-ring (bicyclic) bond motifs is 2. The summed E-state index contributed by atoms with van der Waals surface area (Å²) in [5.41, 5.74) is 6.14. The van der Waals surface area contributed by atoms with Crippen molar-refractivity contribution in [2.24, 2.45) is 5.10 Å². The Hall–Kier alpha value is -2.02. The lowest BCUT2D eigenvalue weighted by Crippen LogP contribution is -2.39. The number of nitrogens with zero attached hydrogens (tertiary/aromatic N) is 1. The van der Waals surface area contributed by atoms with Crippen LogP contribution in [0.4, 0.5) is 5.69 Å². The summed E-state index contributed by atoms with van der Waals surface area (Å²) in [7, 11) is 0. The SMILES string of the molecule is O=C1Nc2ccc(CO)cc2C12NN=C(c1ccc(Cl)cc1)S2. The number of carbonyl (C=O) groups is 1. The minimum Gasteiger partial charge on any atom is -0.392 e. The number of amides is 1. The third-order valence-corrected chi connectivity index (χ3v) is 5.44. The van der Waals surface area contributed by atoms with E-state index in [1.165, 1.54) is 11.8 Å². The maximum absolute atomic E-state index is 12.5. The third-order valence-electron chi connectivity index (χ3n) is 3.87. The highest BCUT2D eigenvalue weighted by Crippen LogP contribution is 2.48. The van der Waals surface area contributed by atoms with E-state index in [1.807, 2.05) is 18.2 Å². The number of hydrazone groups is 1. The Morgan fingerprint density at radius 2 is 2.00 bits per heavy atom. The van der Waals surface area contributed by atoms with Gasteiger partial charge >= 0.3 is 0 Å². The van der Waals surface area contributed by atoms with Gasteiger partial charge in [0.25, 0.3) is 5.91 Å². The molecule has 2 aromatic carbocycles. The number of rotatable bonds is 2. The Balaban J connectivity index is 1.72. The number of hydrogen-bond acceptors (Lipinski definition) is 5. The monoisotopic (exact) mass is 345 g/mol. The second-order valence-electron chi connectivity index (χ2n) is 5.31. The molecule has 2 aliphatic heterocycles. The van der Waals surface area contributed by atoms with Gasteiger partial charge in [-0.3, -0.25) is 10.2 Å². The van der Waals surface area contributed by atoms with Crippen LogP contribution in [0.5, 0.6) is 0 Å². The molecule has 0 saturated carbocycles. The van der Waals surface area contributed by atoms with Gasteiger partial charge in [0.15, 0.2) is 0 Å². The van der Waals surface area contributed by atoms with Crippen LogP contribution in [0.2, 0.25) is 5.02 Å². The standard InChI is InChI=1S/C16H12ClN3O2S/c17-11-4-2-10(3-5-11)14-19-20-16(23-14)12-7-9(8-21)1-6-13(12)18-15(16)22/h1-7,20-21H,8H2,(H,18,22). The summed E-state index contributed by atoms with van der Waals surface area (Å²) >= 11 is 7.26. The summed E-state index contributed by atoms with van der Waals surface area (Å²) < 4.78 is 0. The number of aliphatic hydroxyl groups is 1. The van der Waals surface area contributed by atoms with Crippen molar-refractivity contribution in [1.82, 2.24) is 5.43 Å². The number of benzene rings is 2. The predicted octanol–water partition coefficient (Wildman–Crippen LogP) is 2.64. The quantitative estimate of drug-likeness (QED) is 0.782. The molecule has 0 bridgehead atoms. The van der Waals surface area contributed by atoms with E-state index in [9.17, 15) is 9.90 Å². The molecule has 0 radical (unpaired) electrons. The molecular formula is C16H12ClN3O2S. The van der Waals surface area contributed by atoms with Gasteiger partial charge in [-0.2, -0.15) is 5.10 Å². The van der Waals surface area contributed by atoms with E-state index in [1.54, 1.807) is 24.3 Å². The second kappa shape index (κ2) is 5.26. The lowest BCUT2D eigenvalue weighted by atomic mass is 10.0. The van der Waals surface area contributed by atoms with Crippen molar-refractivity contribution in [2.45, 2.75) is 11.5 Å². The molecule has 0 fully saturated rings. The molecule has 2 heterocycles. The van der Waals surface area contributed by atoms with E-state index in [-0.39, 0.29) is 12.5 Å². The van der Waals surface area contributed by atoms with Crippen LogP contribution < -0.4 is 10.7 Å². The Labute approximate surface area is 141 Å². The van der Waals surface area contributed by atoms with Gasteiger partial charge in [0.1, 0.15) is 5.04 Å². The molecule has 116 valence electrons. The zero-order valence-corrected chi connectivity index (χ0v) is 13.4. The minimum absolute atomic E-state index is 0.0763. The first-order valence-electron chi connectivity index (χ1n) is 6.98. The summed E-state index contributed by atoms with van der Waals surface area (Å²) in [6.07, 6.45) is 0. The molecule has 2 aromatic rings. The average molecular weight is 346 g/mol. The van der Waals surface area contributed by atoms with Crippen molar-refractivity contribution in [1.29, 1.82) is 0 Å². The molecule has 1 spiro atoms. The Morgan fingerprint density at radius 3 is 2.74 bits per heavy atom. The number of thioether (sulfide) groups is 1. The number of halogens is 1. The van der Waals surface area contributed by atoms with E-state index >= 15 is 0 Å². The zero-order valence-electron chi connectivity index (χ0n) is 11.8. The van der Waals surface area contributed by atoms with Crippen molar-refractivity contribution < 1.29 is 9.90 Å². The summed E-state index contributed by atoms with van der Waals surface area (Å²) in [5, 5.41) is 17.9. The Bertz CT molecular complexity index is 838. The zero-order chi connectivity index (χ0) is 16.0. The van der Waals surface area contributed by atoms with Crippen molar-refractivity contribution in [3.05, 3.63) is 64.2 Å². The molecule has 23 heavy (non-hydrogen) atoms. The number of nitrogens with one attached hydrogen (secondary N) is 2. The maximum atomic E-state index is 12.5. The highest BCUT2D eigenvalue weighted by molar-refractivity contribution is 8.16. The van der Waals surface area contributed by atoms with Crippen LogP contribution in [0.25, 0.3) is 0 Å². The third kappa shape index (κ3) is 2.22. The summed E-state index contributed by atoms with van der Waals surface area (Å²) in [6.45, 7) is -0.0763. The predicted molar refractivity (Wildman–Crippen MR) is 91.4 cm³/mol. The smallest absolute Gasteiger partial charge is 0.267 e. The lowest BCUT2D eigenvalue weighted by molar-refractivity contribution is -0.118. The van der Waals surface area contributed by atoms with Gasteiger partial charge < -0.3 is 10.4 Å². The van der Waals surface area contributed by atoms with Crippen LogP contribution in [-0.2, 0) is 16.3 Å². The fraction of sp³-hybridized carbons (Fsp3) is 0.125. The van der Waals surface area contributed by atoms with Crippen LogP contribution in [0.3, 0.4) is 0 Å². The number of carbonyl (C=O) groups excluding carboxylic acids is 1. The van der Waals surface area contributed by atoms with Gasteiger partial charge in [-0.1, -0.05) is 41.6 Å². The Kier molecular flexibility index (Phi) is 3.33. The first-order valence-corrected chi connectivity index (χ1v) is 8.17. The van der Waals surface area contributed by atoms with Gasteiger partial charge in [-0.15, -0.1) is 0 Å². The highest BCUT2D eigenvalue weighted by Gasteiger charge is 2.52. The molecule has 1 atom stereocenters. The fourth-order valence-electron chi connectivity index (χ4n) is 2.67. The first kappa shape index (κ1) is 14.6. The van der Waals surface area contributed by atoms with E-state index in [4.69, 9.17) is 11.6 Å². The molecule has 2 aliphatic rings. The van der Waals surface area contributed by atoms with Crippen LogP contribution in [0.15, 0.2) is 47.6 Å². The van der Waals surface area contributed by atoms with Crippen molar-refractivity contribution in [2.75, 3.05) is 5.32 Å². The molecule has 0 saturated heterocycles. The molecule has 5 nitrogen and oxygen atoms in total. The fourth-order valence-corrected chi connectivity index (χ4v) is 3.95. The maximum Gasteiger partial charge on any atom is 0.267 e. The van der Waals surface area contributed by atoms with Gasteiger partial charge in [0.2, 0.25) is 4.87 Å². The van der Waals surface area contributed by atoms with Crippen molar-refractivity contribution >= 4 is 40.0 Å². The largest absolute Gasteiger partial charge is 0.392 e. The van der Waals surface area contributed by atoms with E-state index in [0.29, 0.717) is 5.02 Å². The number of hydrogen-bond donors (Lipinski definition) is 3. The van der Waals surface area contributed by atoms with Crippen LogP contribution in [0, 0.1) is 0 Å². The lowest BCUT2D eigenvalue weighted by Gasteiger charge is -2.20. The number of aliphatic hydroxyl groups excluding tert-OH is 1. The van der Waals surface area contributed by atoms with Gasteiger partial charge in [-0.25, -0.2) is 0 Å². The molecule has 0 aromatic heterocycles. The minimum atomic E-state index is -0.991. The van der Waals surface area contributed by atoms with Crippen LogP contribution in [-0.4, -0.2) is 16.1 Å². The van der Waals surface area contributed by atoms with Gasteiger partial charge in [0, 0.05) is 21.8 Å². The van der Waals surface area contributed by atoms with Crippen LogP contribution in [0.1, 0.15) is 16.7 Å². The molecule has 0 aliphatic carbocycles. The topological polar surface area (TPSA) is 73.7 Å². The van der Waals surface area contributed by atoms with Crippen molar-refractivity contribution in [3.63, 3.8) is 0 Å². The molecule has 3 N–H and O–H groups in total. The molecule has 1 unspecified atom stereocenters. The average Bonchev–Trinajstić information content (AvgIpc) is 3.12. The molecule has 1 amide bonds. The number of anilines is 1. The van der Waals surface area contributed by atoms with E-state index in [2.05, 4.69) is 15.8 Å². The summed E-state index contributed by atoms with van der Waals surface area (Å²) in [4.78, 5) is 11.5. The summed E-state index contributed by atoms with van der Waals surface area (Å²) in [6, 6.07) is 12.7. The Morgan fingerprint density at radius 1 is 1.22 bits per heavy atom. The van der Waals surface area contributed by atoms with Gasteiger partial charge in [-0.05, 0) is 29.8 Å². The summed E-state index contributed by atoms with van der Waals surface area (Å²) in [5.74, 6) is -0.166.